The number of nitrogens with zero attached hydrogens (tertiary/aromatic N) is 1. The molecule has 20 heavy (non-hydrogen) atoms. The Bertz CT molecular complexity index is 535. The highest BCUT2D eigenvalue weighted by molar-refractivity contribution is 6.42. The van der Waals surface area contributed by atoms with Crippen molar-refractivity contribution in [3.8, 4) is 0 Å². The van der Waals surface area contributed by atoms with E-state index in [9.17, 15) is 14.9 Å². The number of hydrogen-bond acceptors (Lipinski definition) is 4. The van der Waals surface area contributed by atoms with Gasteiger partial charge in [-0.25, -0.2) is 0 Å². The van der Waals surface area contributed by atoms with Crippen LogP contribution in [0.3, 0.4) is 0 Å². The molecule has 8 heteroatoms. The lowest BCUT2D eigenvalue weighted by molar-refractivity contribution is -0.384. The maximum atomic E-state index is 11.8. The Morgan fingerprint density at radius 2 is 1.80 bits per heavy atom. The lowest BCUT2D eigenvalue weighted by Gasteiger charge is -2.17. The topological polar surface area (TPSA) is 84.3 Å². The molecule has 0 aliphatic rings. The second-order valence-electron chi connectivity index (χ2n) is 4.57. The highest BCUT2D eigenvalue weighted by atomic mass is 35.5. The van der Waals surface area contributed by atoms with Crippen molar-refractivity contribution in [2.45, 2.75) is 32.9 Å². The number of carbonyl (C=O) groups excluding carboxylic acids is 1. The van der Waals surface area contributed by atoms with Crippen LogP contribution in [0.1, 0.15) is 20.8 Å². The van der Waals surface area contributed by atoms with Gasteiger partial charge < -0.3 is 10.6 Å². The first-order chi connectivity index (χ1) is 9.22. The molecule has 0 spiro atoms. The summed E-state index contributed by atoms with van der Waals surface area (Å²) in [5, 5.41) is 16.7. The third kappa shape index (κ3) is 4.25. The molecule has 2 N–H and O–H groups in total. The number of nitro benzene ring substituents is 1. The van der Waals surface area contributed by atoms with Crippen molar-refractivity contribution in [1.29, 1.82) is 0 Å². The van der Waals surface area contributed by atoms with Crippen LogP contribution >= 0.6 is 23.2 Å². The first-order valence-corrected chi connectivity index (χ1v) is 6.68. The lowest BCUT2D eigenvalue weighted by Crippen LogP contribution is -2.41. The highest BCUT2D eigenvalue weighted by Crippen LogP contribution is 2.34. The molecule has 1 aromatic carbocycles. The SMILES string of the molecule is CC(C)NC(=O)C(C)Nc1cc(Cl)c(Cl)cc1[N+](=O)[O-]. The minimum Gasteiger partial charge on any atom is -0.368 e. The van der Waals surface area contributed by atoms with E-state index in [-0.39, 0.29) is 33.4 Å². The summed E-state index contributed by atoms with van der Waals surface area (Å²) in [6.45, 7) is 5.25. The number of carbonyl (C=O) groups is 1. The molecule has 1 unspecified atom stereocenters. The smallest absolute Gasteiger partial charge is 0.293 e. The van der Waals surface area contributed by atoms with Crippen LogP contribution < -0.4 is 10.6 Å². The van der Waals surface area contributed by atoms with E-state index in [4.69, 9.17) is 23.2 Å². The average Bonchev–Trinajstić information content (AvgIpc) is 2.32. The molecule has 1 rings (SSSR count). The van der Waals surface area contributed by atoms with Crippen molar-refractivity contribution < 1.29 is 9.72 Å². The number of nitro groups is 1. The second kappa shape index (κ2) is 6.76. The van der Waals surface area contributed by atoms with Gasteiger partial charge in [0, 0.05) is 12.1 Å². The quantitative estimate of drug-likeness (QED) is 0.644. The van der Waals surface area contributed by atoms with Crippen LogP contribution in [0, 0.1) is 10.1 Å². The number of benzene rings is 1. The molecule has 0 radical (unpaired) electrons. The number of hydrogen-bond donors (Lipinski definition) is 2. The van der Waals surface area contributed by atoms with Crippen molar-refractivity contribution in [1.82, 2.24) is 5.32 Å². The van der Waals surface area contributed by atoms with Crippen molar-refractivity contribution in [2.24, 2.45) is 0 Å². The largest absolute Gasteiger partial charge is 0.368 e. The van der Waals surface area contributed by atoms with Gasteiger partial charge in [0.25, 0.3) is 5.69 Å². The van der Waals surface area contributed by atoms with Crippen molar-refractivity contribution >= 4 is 40.5 Å². The number of nitrogens with one attached hydrogen (secondary N) is 2. The number of halogens is 2. The fourth-order valence-corrected chi connectivity index (χ4v) is 1.83. The summed E-state index contributed by atoms with van der Waals surface area (Å²) in [6.07, 6.45) is 0. The summed E-state index contributed by atoms with van der Waals surface area (Å²) in [6, 6.07) is 1.82. The third-order valence-electron chi connectivity index (χ3n) is 2.43. The molecule has 0 saturated carbocycles. The average molecular weight is 320 g/mol. The van der Waals surface area contributed by atoms with Gasteiger partial charge in [-0.2, -0.15) is 0 Å². The molecule has 0 aromatic heterocycles. The fraction of sp³-hybridized carbons (Fsp3) is 0.417. The van der Waals surface area contributed by atoms with Crippen LogP contribution in [-0.2, 0) is 4.79 Å². The summed E-state index contributed by atoms with van der Waals surface area (Å²) >= 11 is 11.6. The van der Waals surface area contributed by atoms with Crippen molar-refractivity contribution in [3.63, 3.8) is 0 Å². The Balaban J connectivity index is 2.99. The van der Waals surface area contributed by atoms with Gasteiger partial charge in [-0.15, -0.1) is 0 Å². The van der Waals surface area contributed by atoms with Gasteiger partial charge in [-0.05, 0) is 26.8 Å². The molecular weight excluding hydrogens is 305 g/mol. The molecule has 110 valence electrons. The van der Waals surface area contributed by atoms with Crippen LogP contribution in [0.5, 0.6) is 0 Å². The summed E-state index contributed by atoms with van der Waals surface area (Å²) < 4.78 is 0. The summed E-state index contributed by atoms with van der Waals surface area (Å²) in [4.78, 5) is 22.2. The minimum absolute atomic E-state index is 0.0180. The zero-order chi connectivity index (χ0) is 15.4. The first kappa shape index (κ1) is 16.5. The maximum absolute atomic E-state index is 11.8. The molecule has 0 fully saturated rings. The Morgan fingerprint density at radius 3 is 2.30 bits per heavy atom. The summed E-state index contributed by atoms with van der Waals surface area (Å²) in [5.41, 5.74) is -0.0839. The van der Waals surface area contributed by atoms with E-state index in [0.717, 1.165) is 6.07 Å². The molecular formula is C12H15Cl2N3O3. The van der Waals surface area contributed by atoms with Gasteiger partial charge in [-0.3, -0.25) is 14.9 Å². The van der Waals surface area contributed by atoms with Gasteiger partial charge in [0.05, 0.1) is 15.0 Å². The molecule has 0 saturated heterocycles. The fourth-order valence-electron chi connectivity index (χ4n) is 1.51. The van der Waals surface area contributed by atoms with Gasteiger partial charge in [0.1, 0.15) is 11.7 Å². The molecule has 6 nitrogen and oxygen atoms in total. The molecule has 0 heterocycles. The number of anilines is 1. The standard InChI is InChI=1S/C12H15Cl2N3O3/c1-6(2)15-12(18)7(3)16-10-4-8(13)9(14)5-11(10)17(19)20/h4-7,16H,1-3H3,(H,15,18). The number of rotatable bonds is 5. The van der Waals surface area contributed by atoms with Crippen LogP contribution in [0.25, 0.3) is 0 Å². The molecule has 0 aliphatic heterocycles. The van der Waals surface area contributed by atoms with Crippen molar-refractivity contribution in [3.05, 3.63) is 32.3 Å². The van der Waals surface area contributed by atoms with E-state index >= 15 is 0 Å². The zero-order valence-electron chi connectivity index (χ0n) is 11.2. The third-order valence-corrected chi connectivity index (χ3v) is 3.15. The highest BCUT2D eigenvalue weighted by Gasteiger charge is 2.21. The summed E-state index contributed by atoms with van der Waals surface area (Å²) in [5.74, 6) is -0.264. The van der Waals surface area contributed by atoms with Crippen molar-refractivity contribution in [2.75, 3.05) is 5.32 Å². The normalized spacial score (nSPS) is 12.1. The van der Waals surface area contributed by atoms with E-state index in [2.05, 4.69) is 10.6 Å². The predicted molar refractivity (Wildman–Crippen MR) is 79.5 cm³/mol. The van der Waals surface area contributed by atoms with Gasteiger partial charge in [0.15, 0.2) is 0 Å². The van der Waals surface area contributed by atoms with Gasteiger partial charge in [0.2, 0.25) is 5.91 Å². The minimum atomic E-state index is -0.645. The van der Waals surface area contributed by atoms with E-state index in [1.165, 1.54) is 6.07 Å². The lowest BCUT2D eigenvalue weighted by atomic mass is 10.2. The van der Waals surface area contributed by atoms with Gasteiger partial charge in [-0.1, -0.05) is 23.2 Å². The molecule has 1 aromatic rings. The Morgan fingerprint density at radius 1 is 1.25 bits per heavy atom. The molecule has 0 bridgehead atoms. The van der Waals surface area contributed by atoms with E-state index < -0.39 is 11.0 Å². The monoisotopic (exact) mass is 319 g/mol. The van der Waals surface area contributed by atoms with E-state index in [0.29, 0.717) is 0 Å². The Kier molecular flexibility index (Phi) is 5.59. The first-order valence-electron chi connectivity index (χ1n) is 5.92. The van der Waals surface area contributed by atoms with Crippen LogP contribution in [0.2, 0.25) is 10.0 Å². The molecule has 0 aliphatic carbocycles. The second-order valence-corrected chi connectivity index (χ2v) is 5.38. The Hall–Kier alpha value is -1.53. The number of amides is 1. The maximum Gasteiger partial charge on any atom is 0.293 e. The molecule has 1 atom stereocenters. The zero-order valence-corrected chi connectivity index (χ0v) is 12.7. The van der Waals surface area contributed by atoms with E-state index in [1.807, 2.05) is 13.8 Å². The summed E-state index contributed by atoms with van der Waals surface area (Å²) in [7, 11) is 0. The Labute approximate surface area is 126 Å². The predicted octanol–water partition coefficient (Wildman–Crippen LogP) is 3.23. The van der Waals surface area contributed by atoms with Crippen LogP contribution in [-0.4, -0.2) is 22.9 Å². The van der Waals surface area contributed by atoms with Gasteiger partial charge >= 0.3 is 0 Å². The molecule has 1 amide bonds. The van der Waals surface area contributed by atoms with Crippen LogP contribution in [0.15, 0.2) is 12.1 Å². The van der Waals surface area contributed by atoms with Crippen LogP contribution in [0.4, 0.5) is 11.4 Å². The van der Waals surface area contributed by atoms with E-state index in [1.54, 1.807) is 6.92 Å².